The first-order chi connectivity index (χ1) is 11.6. The minimum Gasteiger partial charge on any atom is -0.352 e. The second kappa shape index (κ2) is 8.87. The molecule has 2 rings (SSSR count). The average Bonchev–Trinajstić information content (AvgIpc) is 2.62. The van der Waals surface area contributed by atoms with Crippen molar-refractivity contribution in [2.45, 2.75) is 32.7 Å². The zero-order valence-corrected chi connectivity index (χ0v) is 14.2. The van der Waals surface area contributed by atoms with Crippen LogP contribution in [0.4, 0.5) is 0 Å². The molecule has 24 heavy (non-hydrogen) atoms. The van der Waals surface area contributed by atoms with E-state index in [1.54, 1.807) is 24.3 Å². The summed E-state index contributed by atoms with van der Waals surface area (Å²) in [7, 11) is 0. The van der Waals surface area contributed by atoms with E-state index in [9.17, 15) is 9.59 Å². The lowest BCUT2D eigenvalue weighted by Crippen LogP contribution is -2.32. The average molecular weight is 324 g/mol. The van der Waals surface area contributed by atoms with Gasteiger partial charge in [0, 0.05) is 23.7 Å². The Kier molecular flexibility index (Phi) is 6.55. The molecule has 2 aromatic carbocycles. The highest BCUT2D eigenvalue weighted by molar-refractivity contribution is 5.99. The van der Waals surface area contributed by atoms with E-state index in [1.807, 2.05) is 44.2 Å². The number of benzene rings is 2. The predicted molar refractivity (Wildman–Crippen MR) is 96.1 cm³/mol. The molecule has 2 amide bonds. The summed E-state index contributed by atoms with van der Waals surface area (Å²) in [5.41, 5.74) is 2.19. The Morgan fingerprint density at radius 3 is 2.29 bits per heavy atom. The Labute approximate surface area is 143 Å². The van der Waals surface area contributed by atoms with Crippen molar-refractivity contribution in [1.82, 2.24) is 10.6 Å². The van der Waals surface area contributed by atoms with Gasteiger partial charge in [-0.15, -0.1) is 0 Å². The maximum atomic E-state index is 12.2. The lowest BCUT2D eigenvalue weighted by molar-refractivity contribution is 0.0939. The molecule has 0 fully saturated rings. The molecule has 4 heteroatoms. The quantitative estimate of drug-likeness (QED) is 0.822. The number of carbonyl (C=O) groups is 2. The fraction of sp³-hybridized carbons (Fsp3) is 0.300. The predicted octanol–water partition coefficient (Wildman–Crippen LogP) is 3.19. The van der Waals surface area contributed by atoms with Gasteiger partial charge in [0.2, 0.25) is 0 Å². The number of carbonyl (C=O) groups excluding carboxylic acids is 2. The number of nitrogens with one attached hydrogen (secondary N) is 2. The summed E-state index contributed by atoms with van der Waals surface area (Å²) in [6.07, 6.45) is 1.65. The number of hydrogen-bond acceptors (Lipinski definition) is 2. The van der Waals surface area contributed by atoms with Gasteiger partial charge in [0.1, 0.15) is 0 Å². The summed E-state index contributed by atoms with van der Waals surface area (Å²) >= 11 is 0. The van der Waals surface area contributed by atoms with Crippen LogP contribution in [-0.4, -0.2) is 24.4 Å². The van der Waals surface area contributed by atoms with Crippen LogP contribution in [0.3, 0.4) is 0 Å². The van der Waals surface area contributed by atoms with E-state index in [4.69, 9.17) is 0 Å². The summed E-state index contributed by atoms with van der Waals surface area (Å²) in [4.78, 5) is 24.4. The second-order valence-electron chi connectivity index (χ2n) is 5.86. The van der Waals surface area contributed by atoms with Crippen LogP contribution in [0.25, 0.3) is 0 Å². The zero-order valence-electron chi connectivity index (χ0n) is 14.2. The van der Waals surface area contributed by atoms with Crippen LogP contribution in [0.5, 0.6) is 0 Å². The lowest BCUT2D eigenvalue weighted by Gasteiger charge is -2.12. The topological polar surface area (TPSA) is 58.2 Å². The molecule has 0 radical (unpaired) electrons. The van der Waals surface area contributed by atoms with Crippen LogP contribution in [0.1, 0.15) is 46.5 Å². The number of amides is 2. The molecule has 0 saturated heterocycles. The molecule has 0 aromatic heterocycles. The first kappa shape index (κ1) is 17.7. The molecule has 0 spiro atoms. The van der Waals surface area contributed by atoms with Crippen molar-refractivity contribution in [3.63, 3.8) is 0 Å². The molecule has 0 heterocycles. The maximum Gasteiger partial charge on any atom is 0.251 e. The van der Waals surface area contributed by atoms with Crippen molar-refractivity contribution < 1.29 is 9.59 Å². The molecule has 0 aliphatic rings. The summed E-state index contributed by atoms with van der Waals surface area (Å²) in [5, 5.41) is 5.80. The first-order valence-electron chi connectivity index (χ1n) is 8.33. The van der Waals surface area contributed by atoms with Gasteiger partial charge in [-0.25, -0.2) is 0 Å². The van der Waals surface area contributed by atoms with Crippen LogP contribution in [0.2, 0.25) is 0 Å². The molecule has 0 bridgehead atoms. The van der Waals surface area contributed by atoms with Crippen molar-refractivity contribution in [3.05, 3.63) is 71.3 Å². The van der Waals surface area contributed by atoms with E-state index >= 15 is 0 Å². The Morgan fingerprint density at radius 1 is 0.958 bits per heavy atom. The van der Waals surface area contributed by atoms with E-state index in [-0.39, 0.29) is 17.9 Å². The molecule has 4 nitrogen and oxygen atoms in total. The lowest BCUT2D eigenvalue weighted by atomic mass is 10.1. The van der Waals surface area contributed by atoms with Crippen molar-refractivity contribution >= 4 is 11.8 Å². The van der Waals surface area contributed by atoms with E-state index in [2.05, 4.69) is 10.6 Å². The molecule has 0 aliphatic heterocycles. The van der Waals surface area contributed by atoms with E-state index in [0.29, 0.717) is 17.7 Å². The summed E-state index contributed by atoms with van der Waals surface area (Å²) in [6, 6.07) is 16.9. The Hall–Kier alpha value is -2.62. The Bertz CT molecular complexity index is 683. The fourth-order valence-corrected chi connectivity index (χ4v) is 2.28. The molecular formula is C20H24N2O2. The van der Waals surface area contributed by atoms with Crippen molar-refractivity contribution in [1.29, 1.82) is 0 Å². The third kappa shape index (κ3) is 5.23. The van der Waals surface area contributed by atoms with Crippen LogP contribution >= 0.6 is 0 Å². The van der Waals surface area contributed by atoms with Gasteiger partial charge in [0.15, 0.2) is 0 Å². The zero-order chi connectivity index (χ0) is 17.4. The molecule has 2 N–H and O–H groups in total. The molecule has 1 atom stereocenters. The number of hydrogen-bond donors (Lipinski definition) is 2. The highest BCUT2D eigenvalue weighted by Gasteiger charge is 2.11. The highest BCUT2D eigenvalue weighted by Crippen LogP contribution is 2.07. The van der Waals surface area contributed by atoms with Gasteiger partial charge in [-0.3, -0.25) is 9.59 Å². The van der Waals surface area contributed by atoms with Gasteiger partial charge in [-0.2, -0.15) is 0 Å². The van der Waals surface area contributed by atoms with Gasteiger partial charge < -0.3 is 10.6 Å². The van der Waals surface area contributed by atoms with Gasteiger partial charge in [-0.05, 0) is 43.5 Å². The SMILES string of the molecule is CCC(C)NC(=O)c1cccc(C(=O)NCCc2ccccc2)c1. The minimum atomic E-state index is -0.163. The summed E-state index contributed by atoms with van der Waals surface area (Å²) in [6.45, 7) is 4.53. The molecular weight excluding hydrogens is 300 g/mol. The van der Waals surface area contributed by atoms with E-state index in [1.165, 1.54) is 5.56 Å². The molecule has 0 aliphatic carbocycles. The van der Waals surface area contributed by atoms with Crippen molar-refractivity contribution in [3.8, 4) is 0 Å². The molecule has 2 aromatic rings. The third-order valence-electron chi connectivity index (χ3n) is 3.92. The Balaban J connectivity index is 1.92. The van der Waals surface area contributed by atoms with Crippen LogP contribution in [-0.2, 0) is 6.42 Å². The van der Waals surface area contributed by atoms with Crippen LogP contribution < -0.4 is 10.6 Å². The third-order valence-corrected chi connectivity index (χ3v) is 3.92. The molecule has 0 saturated carbocycles. The fourth-order valence-electron chi connectivity index (χ4n) is 2.28. The smallest absolute Gasteiger partial charge is 0.251 e. The second-order valence-corrected chi connectivity index (χ2v) is 5.86. The van der Waals surface area contributed by atoms with Gasteiger partial charge in [0.25, 0.3) is 11.8 Å². The molecule has 126 valence electrons. The maximum absolute atomic E-state index is 12.2. The van der Waals surface area contributed by atoms with Crippen molar-refractivity contribution in [2.24, 2.45) is 0 Å². The van der Waals surface area contributed by atoms with Gasteiger partial charge >= 0.3 is 0 Å². The van der Waals surface area contributed by atoms with E-state index in [0.717, 1.165) is 12.8 Å². The monoisotopic (exact) mass is 324 g/mol. The molecule has 1 unspecified atom stereocenters. The standard InChI is InChI=1S/C20H24N2O2/c1-3-15(2)22-20(24)18-11-7-10-17(14-18)19(23)21-13-12-16-8-5-4-6-9-16/h4-11,14-15H,3,12-13H2,1-2H3,(H,21,23)(H,22,24). The van der Waals surface area contributed by atoms with Gasteiger partial charge in [-0.1, -0.05) is 43.3 Å². The largest absolute Gasteiger partial charge is 0.352 e. The van der Waals surface area contributed by atoms with Crippen LogP contribution in [0.15, 0.2) is 54.6 Å². The van der Waals surface area contributed by atoms with Crippen LogP contribution in [0, 0.1) is 0 Å². The summed E-state index contributed by atoms with van der Waals surface area (Å²) in [5.74, 6) is -0.313. The van der Waals surface area contributed by atoms with E-state index < -0.39 is 0 Å². The summed E-state index contributed by atoms with van der Waals surface area (Å²) < 4.78 is 0. The van der Waals surface area contributed by atoms with Gasteiger partial charge in [0.05, 0.1) is 0 Å². The normalized spacial score (nSPS) is 11.6. The first-order valence-corrected chi connectivity index (χ1v) is 8.33. The number of rotatable bonds is 7. The van der Waals surface area contributed by atoms with Crippen molar-refractivity contribution in [2.75, 3.05) is 6.54 Å². The highest BCUT2D eigenvalue weighted by atomic mass is 16.2. The minimum absolute atomic E-state index is 0.112. The Morgan fingerprint density at radius 2 is 1.62 bits per heavy atom.